The topological polar surface area (TPSA) is 32.7 Å². The first-order chi connectivity index (χ1) is 9.28. The van der Waals surface area contributed by atoms with Gasteiger partial charge in [-0.15, -0.1) is 0 Å². The molecule has 1 aromatic rings. The van der Waals surface area contributed by atoms with Crippen LogP contribution in [0.1, 0.15) is 31.7 Å². The third-order valence-corrected chi connectivity index (χ3v) is 4.42. The van der Waals surface area contributed by atoms with E-state index in [0.717, 1.165) is 25.2 Å². The zero-order valence-electron chi connectivity index (χ0n) is 11.3. The Morgan fingerprint density at radius 2 is 2.16 bits per heavy atom. The minimum Gasteiger partial charge on any atom is -0.277 e. The average molecular weight is 256 g/mol. The Morgan fingerprint density at radius 3 is 2.89 bits per heavy atom. The largest absolute Gasteiger partial charge is 0.277 e. The number of rotatable bonds is 3. The van der Waals surface area contributed by atoms with Gasteiger partial charge in [-0.1, -0.05) is 37.3 Å². The fourth-order valence-electron chi connectivity index (χ4n) is 3.37. The lowest BCUT2D eigenvalue weighted by atomic mass is 9.76. The number of hydrogen-bond acceptors (Lipinski definition) is 2. The van der Waals surface area contributed by atoms with E-state index in [2.05, 4.69) is 36.3 Å². The van der Waals surface area contributed by atoms with Gasteiger partial charge in [0, 0.05) is 11.6 Å². The monoisotopic (exact) mass is 256 g/mol. The molecule has 0 bridgehead atoms. The molecule has 3 unspecified atom stereocenters. The van der Waals surface area contributed by atoms with E-state index in [9.17, 15) is 4.79 Å². The van der Waals surface area contributed by atoms with Gasteiger partial charge < -0.3 is 0 Å². The summed E-state index contributed by atoms with van der Waals surface area (Å²) in [5.41, 5.74) is 2.53. The molecule has 19 heavy (non-hydrogen) atoms. The molecule has 0 N–H and O–H groups in total. The summed E-state index contributed by atoms with van der Waals surface area (Å²) >= 11 is 0. The summed E-state index contributed by atoms with van der Waals surface area (Å²) < 4.78 is 0. The molecule has 3 heteroatoms. The van der Waals surface area contributed by atoms with Crippen LogP contribution in [0.5, 0.6) is 0 Å². The number of amides is 1. The van der Waals surface area contributed by atoms with E-state index in [0.29, 0.717) is 5.92 Å². The fourth-order valence-corrected chi connectivity index (χ4v) is 3.37. The lowest BCUT2D eigenvalue weighted by Crippen LogP contribution is -2.37. The van der Waals surface area contributed by atoms with Gasteiger partial charge in [-0.2, -0.15) is 5.10 Å². The van der Waals surface area contributed by atoms with Crippen molar-refractivity contribution in [2.45, 2.75) is 38.6 Å². The molecule has 1 fully saturated rings. The normalized spacial score (nSPS) is 29.8. The minimum atomic E-state index is 0.220. The van der Waals surface area contributed by atoms with E-state index in [-0.39, 0.29) is 6.04 Å². The Kier molecular flexibility index (Phi) is 3.36. The van der Waals surface area contributed by atoms with Crippen molar-refractivity contribution in [2.75, 3.05) is 0 Å². The Hall–Kier alpha value is -1.64. The number of hydrazone groups is 1. The molecule has 0 aromatic heterocycles. The van der Waals surface area contributed by atoms with Gasteiger partial charge in [0.2, 0.25) is 6.41 Å². The van der Waals surface area contributed by atoms with Crippen molar-refractivity contribution in [1.82, 2.24) is 5.01 Å². The van der Waals surface area contributed by atoms with Crippen LogP contribution in [-0.4, -0.2) is 23.2 Å². The number of nitrogens with zero attached hydrogens (tertiary/aromatic N) is 2. The molecule has 1 aliphatic carbocycles. The average Bonchev–Trinajstić information content (AvgIpc) is 2.78. The number of benzene rings is 1. The van der Waals surface area contributed by atoms with Crippen LogP contribution in [0.4, 0.5) is 0 Å². The van der Waals surface area contributed by atoms with Gasteiger partial charge in [-0.05, 0) is 37.2 Å². The van der Waals surface area contributed by atoms with Crippen LogP contribution in [0.25, 0.3) is 0 Å². The van der Waals surface area contributed by atoms with Crippen molar-refractivity contribution in [1.29, 1.82) is 0 Å². The first kappa shape index (κ1) is 12.4. The van der Waals surface area contributed by atoms with Crippen LogP contribution in [0.2, 0.25) is 0 Å². The molecule has 3 nitrogen and oxygen atoms in total. The molecule has 3 atom stereocenters. The second-order valence-corrected chi connectivity index (χ2v) is 5.82. The minimum absolute atomic E-state index is 0.220. The van der Waals surface area contributed by atoms with Crippen molar-refractivity contribution >= 4 is 12.1 Å². The molecule has 0 radical (unpaired) electrons. The third kappa shape index (κ3) is 2.42. The van der Waals surface area contributed by atoms with Crippen molar-refractivity contribution in [3.8, 4) is 0 Å². The van der Waals surface area contributed by atoms with Crippen molar-refractivity contribution in [2.24, 2.45) is 16.9 Å². The third-order valence-electron chi connectivity index (χ3n) is 4.42. The lowest BCUT2D eigenvalue weighted by Gasteiger charge is -2.29. The van der Waals surface area contributed by atoms with E-state index in [4.69, 9.17) is 0 Å². The smallest absolute Gasteiger partial charge is 0.230 e. The van der Waals surface area contributed by atoms with Crippen molar-refractivity contribution in [3.63, 3.8) is 0 Å². The molecule has 0 saturated heterocycles. The second kappa shape index (κ2) is 5.16. The quantitative estimate of drug-likeness (QED) is 0.765. The maximum atomic E-state index is 11.3. The van der Waals surface area contributed by atoms with Crippen LogP contribution in [-0.2, 0) is 11.2 Å². The van der Waals surface area contributed by atoms with Gasteiger partial charge in [0.1, 0.15) is 0 Å². The number of hydrogen-bond donors (Lipinski definition) is 0. The Labute approximate surface area is 114 Å². The first-order valence-corrected chi connectivity index (χ1v) is 7.13. The Balaban J connectivity index is 1.81. The van der Waals surface area contributed by atoms with Gasteiger partial charge >= 0.3 is 0 Å². The van der Waals surface area contributed by atoms with E-state index < -0.39 is 0 Å². The summed E-state index contributed by atoms with van der Waals surface area (Å²) in [6, 6.07) is 10.6. The van der Waals surface area contributed by atoms with Gasteiger partial charge in [-0.3, -0.25) is 4.79 Å². The number of fused-ring (bicyclic) bond motifs is 1. The van der Waals surface area contributed by atoms with Crippen molar-refractivity contribution in [3.05, 3.63) is 35.9 Å². The molecule has 0 spiro atoms. The standard InChI is InChI=1S/C16H20N2O/c1-12-7-8-15-14(9-12)16(18(11-19)17-15)10-13-5-3-2-4-6-13/h2-6,11-12,14,16H,7-10H2,1H3. The molecule has 2 aliphatic rings. The SMILES string of the molecule is CC1CCC2=NN(C=O)C(Cc3ccccc3)C2C1. The molecule has 1 saturated carbocycles. The molecule has 1 amide bonds. The highest BCUT2D eigenvalue weighted by Gasteiger charge is 2.39. The summed E-state index contributed by atoms with van der Waals surface area (Å²) in [6.07, 6.45) is 5.23. The fraction of sp³-hybridized carbons (Fsp3) is 0.500. The van der Waals surface area contributed by atoms with E-state index in [1.807, 2.05) is 6.07 Å². The number of carbonyl (C=O) groups excluding carboxylic acids is 1. The predicted octanol–water partition coefficient (Wildman–Crippen LogP) is 2.86. The van der Waals surface area contributed by atoms with Crippen LogP contribution >= 0.6 is 0 Å². The zero-order valence-corrected chi connectivity index (χ0v) is 11.3. The summed E-state index contributed by atoms with van der Waals surface area (Å²) in [5, 5.41) is 6.18. The highest BCUT2D eigenvalue weighted by Crippen LogP contribution is 2.36. The molecular weight excluding hydrogens is 236 g/mol. The van der Waals surface area contributed by atoms with Gasteiger partial charge in [-0.25, -0.2) is 5.01 Å². The van der Waals surface area contributed by atoms with Crippen LogP contribution < -0.4 is 0 Å². The van der Waals surface area contributed by atoms with Crippen LogP contribution in [0.15, 0.2) is 35.4 Å². The predicted molar refractivity (Wildman–Crippen MR) is 75.8 cm³/mol. The summed E-state index contributed by atoms with van der Waals surface area (Å²) in [6.45, 7) is 2.31. The van der Waals surface area contributed by atoms with Gasteiger partial charge in [0.25, 0.3) is 0 Å². The molecule has 1 aliphatic heterocycles. The summed E-state index contributed by atoms with van der Waals surface area (Å²) in [5.74, 6) is 1.21. The van der Waals surface area contributed by atoms with Crippen LogP contribution in [0, 0.1) is 11.8 Å². The van der Waals surface area contributed by atoms with Crippen molar-refractivity contribution < 1.29 is 4.79 Å². The van der Waals surface area contributed by atoms with Gasteiger partial charge in [0.15, 0.2) is 0 Å². The highest BCUT2D eigenvalue weighted by atomic mass is 16.1. The molecule has 1 heterocycles. The van der Waals surface area contributed by atoms with Gasteiger partial charge in [0.05, 0.1) is 6.04 Å². The molecule has 3 rings (SSSR count). The maximum Gasteiger partial charge on any atom is 0.230 e. The zero-order chi connectivity index (χ0) is 13.2. The second-order valence-electron chi connectivity index (χ2n) is 5.82. The highest BCUT2D eigenvalue weighted by molar-refractivity contribution is 5.90. The molecule has 1 aromatic carbocycles. The Morgan fingerprint density at radius 1 is 1.37 bits per heavy atom. The first-order valence-electron chi connectivity index (χ1n) is 7.13. The van der Waals surface area contributed by atoms with Crippen LogP contribution in [0.3, 0.4) is 0 Å². The maximum absolute atomic E-state index is 11.3. The van der Waals surface area contributed by atoms with E-state index in [1.54, 1.807) is 5.01 Å². The Bertz CT molecular complexity index is 483. The van der Waals surface area contributed by atoms with E-state index >= 15 is 0 Å². The lowest BCUT2D eigenvalue weighted by molar-refractivity contribution is -0.120. The summed E-state index contributed by atoms with van der Waals surface area (Å²) in [4.78, 5) is 11.3. The molecule has 100 valence electrons. The van der Waals surface area contributed by atoms with E-state index in [1.165, 1.54) is 24.1 Å². The number of carbonyl (C=O) groups is 1. The molecular formula is C16H20N2O. The summed E-state index contributed by atoms with van der Waals surface area (Å²) in [7, 11) is 0.